The Kier molecular flexibility index (Phi) is 18.8. The zero-order valence-electron chi connectivity index (χ0n) is 24.8. The molecule has 1 heterocycles. The van der Waals surface area contributed by atoms with Gasteiger partial charge in [0.05, 0.1) is 5.92 Å². The van der Waals surface area contributed by atoms with Gasteiger partial charge >= 0.3 is 74.3 Å². The number of piperazine rings is 1. The van der Waals surface area contributed by atoms with Crippen LogP contribution in [0.25, 0.3) is 0 Å². The molecule has 0 aromatic heterocycles. The van der Waals surface area contributed by atoms with Gasteiger partial charge in [0, 0.05) is 63.1 Å². The van der Waals surface area contributed by atoms with Crippen molar-refractivity contribution in [1.29, 1.82) is 0 Å². The zero-order chi connectivity index (χ0) is 27.9. The molecule has 1 atom stereocenters. The van der Waals surface area contributed by atoms with Gasteiger partial charge in [0.25, 0.3) is 5.08 Å². The molecule has 0 saturated carbocycles. The van der Waals surface area contributed by atoms with Crippen LogP contribution in [0.3, 0.4) is 0 Å². The Bertz CT molecular complexity index is 962. The number of nitrogens with zero attached hydrogens (tertiary/aromatic N) is 3. The van der Waals surface area contributed by atoms with Crippen LogP contribution in [0.4, 0.5) is 5.69 Å². The van der Waals surface area contributed by atoms with E-state index in [1.54, 1.807) is 4.90 Å². The van der Waals surface area contributed by atoms with E-state index in [1.165, 1.54) is 0 Å². The number of carbonyl (C=O) groups excluding carboxylic acids is 1. The molecule has 11 nitrogen and oxygen atoms in total. The van der Waals surface area contributed by atoms with Gasteiger partial charge < -0.3 is 37.3 Å². The van der Waals surface area contributed by atoms with E-state index in [1.807, 2.05) is 36.1 Å². The first-order valence-corrected chi connectivity index (χ1v) is 16.4. The molecule has 5 N–H and O–H groups in total. The molecule has 0 radical (unpaired) electrons. The number of anilines is 1. The Morgan fingerprint density at radius 3 is 1.90 bits per heavy atom. The standard InChI is InChI=1S/C22H37Cl2N3O8P2.2Na.2H/c1-2-20(18-4-6-19(7-5-18)26(12-9-23)13-10-24)21(28)27-16-14-25(15-17-27)11-3-8-22(29,36(30,31)32)37(33,34)35;;;;/h4-7,20,29H,2-3,8-17H2,1H3,(H2,30,31,32)(H2,33,34,35);;;;/q;2*+1;2*-1. The van der Waals surface area contributed by atoms with Crippen molar-refractivity contribution < 1.29 is 101 Å². The van der Waals surface area contributed by atoms with Gasteiger partial charge in [-0.2, -0.15) is 0 Å². The minimum absolute atomic E-state index is 0. The Hall–Kier alpha value is 1.29. The maximum atomic E-state index is 13.3. The fourth-order valence-corrected chi connectivity index (χ4v) is 7.12. The van der Waals surface area contributed by atoms with E-state index in [4.69, 9.17) is 23.2 Å². The quantitative estimate of drug-likeness (QED) is 0.0780. The SMILES string of the molecule is CCC(C(=O)N1CCN(CCCC(O)(P(=O)(O)O)P(=O)(O)O)CC1)c1ccc(N(CCCl)CCCl)cc1.[H-].[H-].[Na+].[Na+]. The van der Waals surface area contributed by atoms with E-state index >= 15 is 0 Å². The average Bonchev–Trinajstić information content (AvgIpc) is 2.83. The van der Waals surface area contributed by atoms with E-state index < -0.39 is 26.7 Å². The second kappa shape index (κ2) is 18.2. The summed E-state index contributed by atoms with van der Waals surface area (Å²) in [6.07, 6.45) is -0.147. The summed E-state index contributed by atoms with van der Waals surface area (Å²) in [6, 6.07) is 7.85. The average molecular weight is 652 g/mol. The molecule has 1 fully saturated rings. The number of aliphatic hydroxyl groups is 1. The van der Waals surface area contributed by atoms with Crippen LogP contribution in [0, 0.1) is 0 Å². The largest absolute Gasteiger partial charge is 1.00 e. The molecule has 1 amide bonds. The number of carbonyl (C=O) groups is 1. The van der Waals surface area contributed by atoms with Gasteiger partial charge in [0.15, 0.2) is 0 Å². The first-order valence-electron chi connectivity index (χ1n) is 12.1. The number of hydrogen-bond donors (Lipinski definition) is 5. The number of hydrogen-bond acceptors (Lipinski definition) is 6. The summed E-state index contributed by atoms with van der Waals surface area (Å²) in [6.45, 7) is 5.47. The third-order valence-corrected chi connectivity index (χ3v) is 10.9. The molecule has 0 spiro atoms. The van der Waals surface area contributed by atoms with Crippen molar-refractivity contribution in [2.75, 3.05) is 62.5 Å². The Balaban J connectivity index is -0.00000361. The minimum atomic E-state index is -5.46. The summed E-state index contributed by atoms with van der Waals surface area (Å²) >= 11 is 11.8. The van der Waals surface area contributed by atoms with Crippen molar-refractivity contribution in [1.82, 2.24) is 9.80 Å². The van der Waals surface area contributed by atoms with Gasteiger partial charge in [-0.3, -0.25) is 18.8 Å². The summed E-state index contributed by atoms with van der Waals surface area (Å²) in [5, 5.41) is 6.62. The van der Waals surface area contributed by atoms with Crippen LogP contribution in [0.15, 0.2) is 24.3 Å². The van der Waals surface area contributed by atoms with Gasteiger partial charge in [-0.1, -0.05) is 19.1 Å². The van der Waals surface area contributed by atoms with E-state index in [9.17, 15) is 38.6 Å². The van der Waals surface area contributed by atoms with Crippen molar-refractivity contribution in [3.8, 4) is 0 Å². The molecule has 216 valence electrons. The fraction of sp³-hybridized carbons (Fsp3) is 0.682. The maximum Gasteiger partial charge on any atom is 1.00 e. The van der Waals surface area contributed by atoms with Crippen LogP contribution >= 0.6 is 38.4 Å². The van der Waals surface area contributed by atoms with Crippen molar-refractivity contribution in [3.05, 3.63) is 29.8 Å². The third kappa shape index (κ3) is 11.1. The van der Waals surface area contributed by atoms with Crippen LogP contribution in [0.1, 0.15) is 40.5 Å². The summed E-state index contributed by atoms with van der Waals surface area (Å²) < 4.78 is 23.0. The second-order valence-electron chi connectivity index (χ2n) is 9.05. The molecule has 1 aliphatic rings. The molecule has 1 aromatic rings. The fourth-order valence-electron chi connectivity index (χ4n) is 4.46. The molecular weight excluding hydrogens is 613 g/mol. The van der Waals surface area contributed by atoms with E-state index in [0.29, 0.717) is 57.4 Å². The first-order chi connectivity index (χ1) is 17.3. The van der Waals surface area contributed by atoms with Crippen LogP contribution in [0.5, 0.6) is 0 Å². The second-order valence-corrected chi connectivity index (χ2v) is 13.8. The Morgan fingerprint density at radius 2 is 1.49 bits per heavy atom. The maximum absolute atomic E-state index is 13.3. The summed E-state index contributed by atoms with van der Waals surface area (Å²) in [7, 11) is -10.9. The predicted molar refractivity (Wildman–Crippen MR) is 147 cm³/mol. The van der Waals surface area contributed by atoms with Gasteiger partial charge in [-0.05, 0) is 37.1 Å². The van der Waals surface area contributed by atoms with E-state index in [2.05, 4.69) is 4.90 Å². The number of benzene rings is 1. The smallest absolute Gasteiger partial charge is 1.00 e. The van der Waals surface area contributed by atoms with Gasteiger partial charge in [0.2, 0.25) is 5.91 Å². The monoisotopic (exact) mass is 651 g/mol. The van der Waals surface area contributed by atoms with Gasteiger partial charge in [-0.25, -0.2) is 0 Å². The zero-order valence-corrected chi connectivity index (χ0v) is 30.1. The summed E-state index contributed by atoms with van der Waals surface area (Å²) in [4.78, 5) is 56.1. The molecular formula is C22H39Cl2N3Na2O8P2. The summed E-state index contributed by atoms with van der Waals surface area (Å²) in [5.41, 5.74) is 1.91. The molecule has 1 aliphatic heterocycles. The molecule has 2 rings (SSSR count). The normalized spacial score (nSPS) is 15.7. The minimum Gasteiger partial charge on any atom is -1.00 e. The number of halogens is 2. The van der Waals surface area contributed by atoms with Crippen LogP contribution < -0.4 is 64.0 Å². The van der Waals surface area contributed by atoms with Crippen molar-refractivity contribution in [3.63, 3.8) is 0 Å². The molecule has 17 heteroatoms. The van der Waals surface area contributed by atoms with Crippen molar-refractivity contribution >= 4 is 50.0 Å². The molecule has 0 bridgehead atoms. The topological polar surface area (TPSA) is 162 Å². The van der Waals surface area contributed by atoms with Crippen molar-refractivity contribution in [2.24, 2.45) is 0 Å². The third-order valence-electron chi connectivity index (χ3n) is 6.68. The summed E-state index contributed by atoms with van der Waals surface area (Å²) in [5.74, 6) is 0.686. The Morgan fingerprint density at radius 1 is 1.00 bits per heavy atom. The molecule has 1 aromatic carbocycles. The van der Waals surface area contributed by atoms with Gasteiger partial charge in [-0.15, -0.1) is 23.2 Å². The molecule has 39 heavy (non-hydrogen) atoms. The van der Waals surface area contributed by atoms with Crippen LogP contribution in [0.2, 0.25) is 0 Å². The van der Waals surface area contributed by atoms with Gasteiger partial charge in [0.1, 0.15) is 0 Å². The molecule has 1 saturated heterocycles. The van der Waals surface area contributed by atoms with Crippen LogP contribution in [-0.2, 0) is 13.9 Å². The molecule has 1 unspecified atom stereocenters. The Labute approximate surface area is 287 Å². The molecule has 0 aliphatic carbocycles. The van der Waals surface area contributed by atoms with E-state index in [-0.39, 0.29) is 86.8 Å². The number of rotatable bonds is 14. The van der Waals surface area contributed by atoms with Crippen molar-refractivity contribution in [2.45, 2.75) is 37.2 Å². The predicted octanol–water partition coefficient (Wildman–Crippen LogP) is -3.38. The number of alkyl halides is 2. The number of amides is 1. The first kappa shape index (κ1) is 40.3. The van der Waals surface area contributed by atoms with E-state index in [0.717, 1.165) is 11.3 Å². The van der Waals surface area contributed by atoms with Crippen LogP contribution in [-0.4, -0.2) is 103 Å².